The van der Waals surface area contributed by atoms with Crippen molar-refractivity contribution in [1.82, 2.24) is 20.5 Å². The van der Waals surface area contributed by atoms with Gasteiger partial charge >= 0.3 is 0 Å². The van der Waals surface area contributed by atoms with Gasteiger partial charge in [-0.05, 0) is 45.7 Å². The maximum absolute atomic E-state index is 5.62. The zero-order valence-corrected chi connectivity index (χ0v) is 15.6. The number of nitrogens with zero attached hydrogens (tertiary/aromatic N) is 3. The molecular weight excluding hydrogens is 322 g/mol. The predicted molar refractivity (Wildman–Crippen MR) is 98.6 cm³/mol. The molecule has 2 aliphatic heterocycles. The Balaban J connectivity index is 1.55. The Hall–Kier alpha value is -1.18. The summed E-state index contributed by atoms with van der Waals surface area (Å²) < 4.78 is 5.62. The molecule has 0 radical (unpaired) electrons. The molecule has 0 unspecified atom stereocenters. The van der Waals surface area contributed by atoms with Crippen molar-refractivity contribution < 1.29 is 4.74 Å². The normalized spacial score (nSPS) is 21.8. The van der Waals surface area contributed by atoms with E-state index in [0.717, 1.165) is 50.1 Å². The molecule has 2 saturated heterocycles. The Labute approximate surface area is 148 Å². The SMILES string of the molecule is CN=C(NCc1ncc(C)s1)NCC1(N2CCCC2)CCOCC1. The van der Waals surface area contributed by atoms with Crippen molar-refractivity contribution in [2.75, 3.05) is 39.9 Å². The monoisotopic (exact) mass is 351 g/mol. The van der Waals surface area contributed by atoms with Gasteiger partial charge < -0.3 is 15.4 Å². The molecule has 0 aliphatic carbocycles. The molecule has 0 aromatic carbocycles. The summed E-state index contributed by atoms with van der Waals surface area (Å²) in [5.74, 6) is 0.855. The first-order chi connectivity index (χ1) is 11.7. The molecule has 3 heterocycles. The molecule has 6 nitrogen and oxygen atoms in total. The van der Waals surface area contributed by atoms with E-state index < -0.39 is 0 Å². The van der Waals surface area contributed by atoms with E-state index in [4.69, 9.17) is 4.74 Å². The van der Waals surface area contributed by atoms with Crippen LogP contribution in [0.5, 0.6) is 0 Å². The van der Waals surface area contributed by atoms with Crippen LogP contribution in [0.15, 0.2) is 11.2 Å². The van der Waals surface area contributed by atoms with Crippen molar-refractivity contribution >= 4 is 17.3 Å². The molecule has 0 amide bonds. The number of hydrogen-bond donors (Lipinski definition) is 2. The van der Waals surface area contributed by atoms with E-state index in [9.17, 15) is 0 Å². The second-order valence-corrected chi connectivity index (χ2v) is 7.99. The minimum atomic E-state index is 0.212. The molecule has 2 N–H and O–H groups in total. The van der Waals surface area contributed by atoms with Gasteiger partial charge in [-0.15, -0.1) is 11.3 Å². The Kier molecular flexibility index (Phi) is 6.08. The number of aliphatic imine (C=N–C) groups is 1. The summed E-state index contributed by atoms with van der Waals surface area (Å²) in [6.45, 7) is 7.88. The Morgan fingerprint density at radius 2 is 2.08 bits per heavy atom. The number of rotatable bonds is 5. The second kappa shape index (κ2) is 8.27. The number of nitrogens with one attached hydrogen (secondary N) is 2. The highest BCUT2D eigenvalue weighted by Gasteiger charge is 2.39. The smallest absolute Gasteiger partial charge is 0.191 e. The van der Waals surface area contributed by atoms with Gasteiger partial charge in [0.1, 0.15) is 5.01 Å². The molecule has 1 aromatic heterocycles. The largest absolute Gasteiger partial charge is 0.381 e. The molecule has 0 bridgehead atoms. The Morgan fingerprint density at radius 1 is 1.33 bits per heavy atom. The minimum absolute atomic E-state index is 0.212. The van der Waals surface area contributed by atoms with Crippen molar-refractivity contribution in [3.05, 3.63) is 16.1 Å². The number of aryl methyl sites for hydroxylation is 1. The maximum atomic E-state index is 5.62. The molecule has 0 saturated carbocycles. The number of likely N-dealkylation sites (tertiary alicyclic amines) is 1. The van der Waals surface area contributed by atoms with Crippen LogP contribution in [-0.2, 0) is 11.3 Å². The molecule has 0 spiro atoms. The first-order valence-corrected chi connectivity index (χ1v) is 9.72. The molecular formula is C17H29N5OS. The quantitative estimate of drug-likeness (QED) is 0.625. The van der Waals surface area contributed by atoms with Gasteiger partial charge in [0.15, 0.2) is 5.96 Å². The summed E-state index contributed by atoms with van der Waals surface area (Å²) in [4.78, 5) is 12.7. The minimum Gasteiger partial charge on any atom is -0.381 e. The lowest BCUT2D eigenvalue weighted by Gasteiger charge is -2.45. The van der Waals surface area contributed by atoms with Crippen molar-refractivity contribution in [3.63, 3.8) is 0 Å². The number of thiazole rings is 1. The Morgan fingerprint density at radius 3 is 2.71 bits per heavy atom. The fourth-order valence-corrected chi connectivity index (χ4v) is 4.39. The van der Waals surface area contributed by atoms with E-state index in [1.54, 1.807) is 11.3 Å². The summed E-state index contributed by atoms with van der Waals surface area (Å²) in [5.41, 5.74) is 0.212. The van der Waals surface area contributed by atoms with E-state index in [1.807, 2.05) is 13.2 Å². The highest BCUT2D eigenvalue weighted by Crippen LogP contribution is 2.30. The molecule has 134 valence electrons. The van der Waals surface area contributed by atoms with Crippen LogP contribution in [0.2, 0.25) is 0 Å². The number of guanidine groups is 1. The van der Waals surface area contributed by atoms with Gasteiger partial charge in [0.05, 0.1) is 6.54 Å². The van der Waals surface area contributed by atoms with Crippen LogP contribution in [0, 0.1) is 6.92 Å². The zero-order chi connectivity index (χ0) is 16.8. The summed E-state index contributed by atoms with van der Waals surface area (Å²) in [6, 6.07) is 0. The lowest BCUT2D eigenvalue weighted by atomic mass is 9.88. The molecule has 2 fully saturated rings. The molecule has 3 rings (SSSR count). The predicted octanol–water partition coefficient (Wildman–Crippen LogP) is 1.76. The van der Waals surface area contributed by atoms with Gasteiger partial charge in [-0.1, -0.05) is 0 Å². The molecule has 2 aliphatic rings. The fourth-order valence-electron chi connectivity index (χ4n) is 3.66. The van der Waals surface area contributed by atoms with E-state index in [2.05, 4.69) is 32.4 Å². The average Bonchev–Trinajstić information content (AvgIpc) is 3.28. The van der Waals surface area contributed by atoms with Gasteiger partial charge in [-0.3, -0.25) is 9.89 Å². The lowest BCUT2D eigenvalue weighted by Crippen LogP contribution is -2.58. The van der Waals surface area contributed by atoms with Crippen LogP contribution in [0.3, 0.4) is 0 Å². The standard InChI is InChI=1S/C17H29N5OS/c1-14-11-19-15(24-14)12-20-16(18-2)21-13-17(5-9-23-10-6-17)22-7-3-4-8-22/h11H,3-10,12-13H2,1-2H3,(H2,18,20,21). The Bertz CT molecular complexity index is 547. The number of aromatic nitrogens is 1. The van der Waals surface area contributed by atoms with Crippen LogP contribution in [0.25, 0.3) is 0 Å². The van der Waals surface area contributed by atoms with E-state index in [-0.39, 0.29) is 5.54 Å². The van der Waals surface area contributed by atoms with Crippen molar-refractivity contribution in [2.24, 2.45) is 4.99 Å². The van der Waals surface area contributed by atoms with Gasteiger partial charge in [0.25, 0.3) is 0 Å². The van der Waals surface area contributed by atoms with Gasteiger partial charge in [0, 0.05) is 43.4 Å². The van der Waals surface area contributed by atoms with Crippen LogP contribution in [0.1, 0.15) is 35.6 Å². The summed E-state index contributed by atoms with van der Waals surface area (Å²) in [7, 11) is 1.83. The topological polar surface area (TPSA) is 61.8 Å². The number of hydrogen-bond acceptors (Lipinski definition) is 5. The molecule has 7 heteroatoms. The van der Waals surface area contributed by atoms with E-state index in [0.29, 0.717) is 0 Å². The first-order valence-electron chi connectivity index (χ1n) is 8.90. The third-order valence-electron chi connectivity index (χ3n) is 5.09. The zero-order valence-electron chi connectivity index (χ0n) is 14.8. The first kappa shape index (κ1) is 17.6. The maximum Gasteiger partial charge on any atom is 0.191 e. The molecule has 1 aromatic rings. The van der Waals surface area contributed by atoms with Crippen LogP contribution >= 0.6 is 11.3 Å². The highest BCUT2D eigenvalue weighted by molar-refractivity contribution is 7.11. The molecule has 24 heavy (non-hydrogen) atoms. The molecule has 0 atom stereocenters. The third kappa shape index (κ3) is 4.26. The van der Waals surface area contributed by atoms with Crippen LogP contribution < -0.4 is 10.6 Å². The fraction of sp³-hybridized carbons (Fsp3) is 0.765. The van der Waals surface area contributed by atoms with Crippen molar-refractivity contribution in [2.45, 2.75) is 44.7 Å². The lowest BCUT2D eigenvalue weighted by molar-refractivity contribution is -0.0164. The summed E-state index contributed by atoms with van der Waals surface area (Å²) >= 11 is 1.72. The summed E-state index contributed by atoms with van der Waals surface area (Å²) in [6.07, 6.45) is 6.76. The third-order valence-corrected chi connectivity index (χ3v) is 6.00. The van der Waals surface area contributed by atoms with Gasteiger partial charge in [-0.2, -0.15) is 0 Å². The van der Waals surface area contributed by atoms with Gasteiger partial charge in [0.2, 0.25) is 0 Å². The second-order valence-electron chi connectivity index (χ2n) is 6.67. The van der Waals surface area contributed by atoms with Crippen molar-refractivity contribution in [3.8, 4) is 0 Å². The van der Waals surface area contributed by atoms with Crippen molar-refractivity contribution in [1.29, 1.82) is 0 Å². The van der Waals surface area contributed by atoms with E-state index in [1.165, 1.54) is 30.8 Å². The summed E-state index contributed by atoms with van der Waals surface area (Å²) in [5, 5.41) is 8.03. The van der Waals surface area contributed by atoms with Crippen LogP contribution in [0.4, 0.5) is 0 Å². The van der Waals surface area contributed by atoms with E-state index >= 15 is 0 Å². The number of ether oxygens (including phenoxy) is 1. The average molecular weight is 352 g/mol. The highest BCUT2D eigenvalue weighted by atomic mass is 32.1. The van der Waals surface area contributed by atoms with Crippen LogP contribution in [-0.4, -0.2) is 61.3 Å². The van der Waals surface area contributed by atoms with Gasteiger partial charge in [-0.25, -0.2) is 4.98 Å².